The normalized spacial score (nSPS) is 15.7. The van der Waals surface area contributed by atoms with E-state index in [2.05, 4.69) is 15.3 Å². The number of benzene rings is 2. The van der Waals surface area contributed by atoms with Crippen LogP contribution in [0.5, 0.6) is 0 Å². The summed E-state index contributed by atoms with van der Waals surface area (Å²) in [6.07, 6.45) is 1.51. The molecule has 1 N–H and O–H groups in total. The molecule has 0 spiro atoms. The monoisotopic (exact) mass is 491 g/mol. The summed E-state index contributed by atoms with van der Waals surface area (Å²) < 4.78 is 2.00. The first kappa shape index (κ1) is 22.6. The third-order valence-electron chi connectivity index (χ3n) is 5.98. The molecule has 174 valence electrons. The predicted molar refractivity (Wildman–Crippen MR) is 136 cm³/mol. The molecule has 5 rings (SSSR count). The van der Waals surface area contributed by atoms with Crippen molar-refractivity contribution < 1.29 is 9.59 Å². The van der Waals surface area contributed by atoms with E-state index < -0.39 is 6.04 Å². The van der Waals surface area contributed by atoms with Crippen molar-refractivity contribution >= 4 is 45.9 Å². The zero-order valence-corrected chi connectivity index (χ0v) is 20.4. The molecule has 0 aliphatic carbocycles. The quantitative estimate of drug-likeness (QED) is 0.394. The van der Waals surface area contributed by atoms with E-state index in [1.807, 2.05) is 71.6 Å². The van der Waals surface area contributed by atoms with E-state index in [-0.39, 0.29) is 17.6 Å². The maximum Gasteiger partial charge on any atom is 0.243 e. The van der Waals surface area contributed by atoms with Gasteiger partial charge in [-0.05, 0) is 25.0 Å². The molecule has 1 fully saturated rings. The highest BCUT2D eigenvalue weighted by Crippen LogP contribution is 2.25. The van der Waals surface area contributed by atoms with Gasteiger partial charge in [-0.15, -0.1) is 11.3 Å². The zero-order valence-electron chi connectivity index (χ0n) is 18.8. The topological polar surface area (TPSA) is 80.1 Å². The van der Waals surface area contributed by atoms with Crippen molar-refractivity contribution in [3.63, 3.8) is 0 Å². The molecule has 7 nitrogen and oxygen atoms in total. The summed E-state index contributed by atoms with van der Waals surface area (Å²) >= 11 is 2.94. The molecular formula is C25H25N5O2S2. The van der Waals surface area contributed by atoms with Crippen LogP contribution < -0.4 is 5.32 Å². The molecule has 4 aromatic rings. The Hall–Kier alpha value is -3.17. The molecular weight excluding hydrogens is 466 g/mol. The van der Waals surface area contributed by atoms with E-state index in [4.69, 9.17) is 0 Å². The van der Waals surface area contributed by atoms with Crippen LogP contribution >= 0.6 is 23.1 Å². The van der Waals surface area contributed by atoms with E-state index in [0.717, 1.165) is 38.9 Å². The number of thiazole rings is 1. The van der Waals surface area contributed by atoms with Crippen molar-refractivity contribution in [2.75, 3.05) is 12.3 Å². The van der Waals surface area contributed by atoms with Crippen molar-refractivity contribution in [3.8, 4) is 11.3 Å². The van der Waals surface area contributed by atoms with Gasteiger partial charge < -0.3 is 14.8 Å². The van der Waals surface area contributed by atoms with Gasteiger partial charge in [-0.2, -0.15) is 0 Å². The minimum Gasteiger partial charge on any atom is -0.348 e. The lowest BCUT2D eigenvalue weighted by Crippen LogP contribution is -2.46. The number of thioether (sulfide) groups is 1. The molecule has 1 aliphatic rings. The number of para-hydroxylation sites is 2. The maximum atomic E-state index is 13.0. The number of likely N-dealkylation sites (tertiary alicyclic amines) is 1. The molecule has 0 saturated carbocycles. The first-order valence-corrected chi connectivity index (χ1v) is 13.1. The van der Waals surface area contributed by atoms with Gasteiger partial charge in [-0.1, -0.05) is 54.2 Å². The molecule has 0 bridgehead atoms. The van der Waals surface area contributed by atoms with Gasteiger partial charge in [0.1, 0.15) is 11.0 Å². The molecule has 1 atom stereocenters. The predicted octanol–water partition coefficient (Wildman–Crippen LogP) is 4.10. The van der Waals surface area contributed by atoms with Crippen molar-refractivity contribution in [2.45, 2.75) is 30.6 Å². The summed E-state index contributed by atoms with van der Waals surface area (Å²) in [4.78, 5) is 36.8. The molecule has 2 aromatic heterocycles. The van der Waals surface area contributed by atoms with Crippen LogP contribution in [-0.4, -0.2) is 49.6 Å². The second-order valence-corrected chi connectivity index (χ2v) is 10.1. The van der Waals surface area contributed by atoms with E-state index in [1.165, 1.54) is 23.1 Å². The molecule has 34 heavy (non-hydrogen) atoms. The fraction of sp³-hybridized carbons (Fsp3) is 0.280. The summed E-state index contributed by atoms with van der Waals surface area (Å²) in [7, 11) is 1.95. The Morgan fingerprint density at radius 2 is 1.91 bits per heavy atom. The third kappa shape index (κ3) is 4.71. The van der Waals surface area contributed by atoms with Crippen LogP contribution in [-0.2, 0) is 23.2 Å². The summed E-state index contributed by atoms with van der Waals surface area (Å²) in [5.74, 6) is 0.110. The Labute approximate surface area is 206 Å². The lowest BCUT2D eigenvalue weighted by atomic mass is 10.2. The lowest BCUT2D eigenvalue weighted by Gasteiger charge is -2.23. The number of imidazole rings is 1. The number of hydrogen-bond acceptors (Lipinski definition) is 6. The molecule has 0 radical (unpaired) electrons. The van der Waals surface area contributed by atoms with Crippen molar-refractivity contribution in [1.29, 1.82) is 0 Å². The van der Waals surface area contributed by atoms with Crippen LogP contribution in [0.3, 0.4) is 0 Å². The van der Waals surface area contributed by atoms with Crippen LogP contribution in [0.4, 0.5) is 0 Å². The second-order valence-electron chi connectivity index (χ2n) is 8.19. The fourth-order valence-corrected chi connectivity index (χ4v) is 5.83. The van der Waals surface area contributed by atoms with Crippen LogP contribution in [0.15, 0.2) is 65.1 Å². The highest BCUT2D eigenvalue weighted by atomic mass is 32.2. The van der Waals surface area contributed by atoms with Crippen LogP contribution in [0.1, 0.15) is 17.8 Å². The standard InChI is InChI=1S/C25H25N5O2S2/c1-29-20-11-6-5-10-18(20)28-25(29)34-16-23(31)30-13-7-12-21(30)24(32)26-14-22-27-19(15-33-22)17-8-3-2-4-9-17/h2-6,8-11,15,21H,7,12-14,16H2,1H3,(H,26,32)/t21-/m0/s1. The number of amides is 2. The highest BCUT2D eigenvalue weighted by molar-refractivity contribution is 7.99. The van der Waals surface area contributed by atoms with Crippen molar-refractivity contribution in [1.82, 2.24) is 24.8 Å². The minimum absolute atomic E-state index is 0.0321. The van der Waals surface area contributed by atoms with Gasteiger partial charge in [-0.25, -0.2) is 9.97 Å². The van der Waals surface area contributed by atoms with Gasteiger partial charge in [-0.3, -0.25) is 9.59 Å². The summed E-state index contributed by atoms with van der Waals surface area (Å²) in [6.45, 7) is 0.971. The summed E-state index contributed by atoms with van der Waals surface area (Å²) in [6, 6.07) is 17.5. The Balaban J connectivity index is 1.17. The number of nitrogens with one attached hydrogen (secondary N) is 1. The smallest absolute Gasteiger partial charge is 0.243 e. The molecule has 9 heteroatoms. The molecule has 2 aromatic carbocycles. The molecule has 1 aliphatic heterocycles. The summed E-state index contributed by atoms with van der Waals surface area (Å²) in [5, 5.41) is 6.63. The maximum absolute atomic E-state index is 13.0. The molecule has 3 heterocycles. The molecule has 1 saturated heterocycles. The Morgan fingerprint density at radius 3 is 2.74 bits per heavy atom. The van der Waals surface area contributed by atoms with Gasteiger partial charge >= 0.3 is 0 Å². The van der Waals surface area contributed by atoms with E-state index >= 15 is 0 Å². The van der Waals surface area contributed by atoms with Crippen molar-refractivity contribution in [2.24, 2.45) is 7.05 Å². The van der Waals surface area contributed by atoms with E-state index in [9.17, 15) is 9.59 Å². The van der Waals surface area contributed by atoms with E-state index in [1.54, 1.807) is 4.90 Å². The average Bonchev–Trinajstić information content (AvgIpc) is 3.61. The first-order chi connectivity index (χ1) is 16.6. The lowest BCUT2D eigenvalue weighted by molar-refractivity contribution is -0.136. The number of fused-ring (bicyclic) bond motifs is 1. The molecule has 0 unspecified atom stereocenters. The van der Waals surface area contributed by atoms with Gasteiger partial charge in [0.25, 0.3) is 0 Å². The summed E-state index contributed by atoms with van der Waals surface area (Å²) in [5.41, 5.74) is 3.91. The average molecular weight is 492 g/mol. The first-order valence-electron chi connectivity index (χ1n) is 11.2. The highest BCUT2D eigenvalue weighted by Gasteiger charge is 2.34. The van der Waals surface area contributed by atoms with Gasteiger partial charge in [0.2, 0.25) is 11.8 Å². The second kappa shape index (κ2) is 9.99. The largest absolute Gasteiger partial charge is 0.348 e. The Morgan fingerprint density at radius 1 is 1.12 bits per heavy atom. The van der Waals surface area contributed by atoms with Gasteiger partial charge in [0, 0.05) is 24.5 Å². The number of nitrogens with zero attached hydrogens (tertiary/aromatic N) is 4. The Bertz CT molecular complexity index is 1320. The number of aromatic nitrogens is 3. The molecule has 2 amide bonds. The van der Waals surface area contributed by atoms with E-state index in [0.29, 0.717) is 19.5 Å². The van der Waals surface area contributed by atoms with Gasteiger partial charge in [0.15, 0.2) is 5.16 Å². The number of rotatable bonds is 7. The van der Waals surface area contributed by atoms with Crippen LogP contribution in [0, 0.1) is 0 Å². The fourth-order valence-electron chi connectivity index (χ4n) is 4.21. The number of carbonyl (C=O) groups excluding carboxylic acids is 2. The van der Waals surface area contributed by atoms with Crippen LogP contribution in [0.2, 0.25) is 0 Å². The van der Waals surface area contributed by atoms with Crippen LogP contribution in [0.25, 0.3) is 22.3 Å². The Kier molecular flexibility index (Phi) is 6.64. The van der Waals surface area contributed by atoms with Gasteiger partial charge in [0.05, 0.1) is 29.0 Å². The third-order valence-corrected chi connectivity index (χ3v) is 7.85. The minimum atomic E-state index is -0.429. The number of carbonyl (C=O) groups is 2. The van der Waals surface area contributed by atoms with Crippen molar-refractivity contribution in [3.05, 3.63) is 65.0 Å². The zero-order chi connectivity index (χ0) is 23.5. The number of aryl methyl sites for hydroxylation is 1. The SMILES string of the molecule is Cn1c(SCC(=O)N2CCC[C@H]2C(=O)NCc2nc(-c3ccccc3)cs2)nc2ccccc21. The number of hydrogen-bond donors (Lipinski definition) is 1.